The fourth-order valence-electron chi connectivity index (χ4n) is 1.99. The molecule has 1 aromatic heterocycles. The molecule has 1 unspecified atom stereocenters. The van der Waals surface area contributed by atoms with Crippen molar-refractivity contribution in [3.8, 4) is 5.75 Å². The molecule has 1 heterocycles. The average molecular weight is 275 g/mol. The summed E-state index contributed by atoms with van der Waals surface area (Å²) in [7, 11) is 3.33. The summed E-state index contributed by atoms with van der Waals surface area (Å²) in [6.45, 7) is 1.84. The maximum atomic E-state index is 11.5. The van der Waals surface area contributed by atoms with Gasteiger partial charge in [0.15, 0.2) is 6.04 Å². The van der Waals surface area contributed by atoms with E-state index >= 15 is 0 Å². The van der Waals surface area contributed by atoms with E-state index in [9.17, 15) is 9.90 Å². The van der Waals surface area contributed by atoms with Gasteiger partial charge in [-0.15, -0.1) is 0 Å². The molecule has 0 saturated heterocycles. The number of hydrogen-bond donors (Lipinski definition) is 2. The van der Waals surface area contributed by atoms with Gasteiger partial charge in [0.1, 0.15) is 5.75 Å². The number of benzene rings is 1. The van der Waals surface area contributed by atoms with Crippen LogP contribution in [0.1, 0.15) is 17.3 Å². The Hall–Kier alpha value is -2.50. The number of anilines is 1. The van der Waals surface area contributed by atoms with Gasteiger partial charge in [-0.05, 0) is 19.1 Å². The Morgan fingerprint density at radius 2 is 2.15 bits per heavy atom. The summed E-state index contributed by atoms with van der Waals surface area (Å²) in [6.07, 6.45) is 1.57. The van der Waals surface area contributed by atoms with Crippen molar-refractivity contribution in [2.45, 2.75) is 13.0 Å². The van der Waals surface area contributed by atoms with Gasteiger partial charge in [0.2, 0.25) is 0 Å². The molecule has 0 aliphatic carbocycles. The first-order valence-corrected chi connectivity index (χ1v) is 6.15. The molecule has 0 spiro atoms. The number of para-hydroxylation sites is 2. The Morgan fingerprint density at radius 3 is 2.70 bits per heavy atom. The highest BCUT2D eigenvalue weighted by Gasteiger charge is 2.24. The third-order valence-corrected chi connectivity index (χ3v) is 3.24. The summed E-state index contributed by atoms with van der Waals surface area (Å²) in [5.41, 5.74) is 2.07. The van der Waals surface area contributed by atoms with Crippen molar-refractivity contribution in [1.82, 2.24) is 9.78 Å². The summed E-state index contributed by atoms with van der Waals surface area (Å²) in [5, 5.41) is 16.5. The van der Waals surface area contributed by atoms with E-state index in [4.69, 9.17) is 4.74 Å². The largest absolute Gasteiger partial charge is 0.495 e. The number of aromatic nitrogens is 2. The second kappa shape index (κ2) is 5.64. The number of hydrogen-bond acceptors (Lipinski definition) is 4. The SMILES string of the molecule is COc1ccccc1NC(C(=O)O)c1cnn(C)c1C. The summed E-state index contributed by atoms with van der Waals surface area (Å²) in [6, 6.07) is 6.33. The number of nitrogens with one attached hydrogen (secondary N) is 1. The summed E-state index contributed by atoms with van der Waals surface area (Å²) in [5.74, 6) is -0.368. The zero-order valence-electron chi connectivity index (χ0n) is 11.6. The molecule has 20 heavy (non-hydrogen) atoms. The van der Waals surface area contributed by atoms with Crippen LogP contribution in [0.15, 0.2) is 30.5 Å². The highest BCUT2D eigenvalue weighted by Crippen LogP contribution is 2.29. The van der Waals surface area contributed by atoms with Crippen LogP contribution in [0, 0.1) is 6.92 Å². The van der Waals surface area contributed by atoms with E-state index in [-0.39, 0.29) is 0 Å². The number of aliphatic carboxylic acids is 1. The van der Waals surface area contributed by atoms with Crippen molar-refractivity contribution < 1.29 is 14.6 Å². The lowest BCUT2D eigenvalue weighted by molar-refractivity contribution is -0.138. The Balaban J connectivity index is 2.36. The maximum absolute atomic E-state index is 11.5. The quantitative estimate of drug-likeness (QED) is 0.872. The topological polar surface area (TPSA) is 76.4 Å². The van der Waals surface area contributed by atoms with Crippen molar-refractivity contribution in [3.63, 3.8) is 0 Å². The number of methoxy groups -OCH3 is 1. The molecular formula is C14H17N3O3. The standard InChI is InChI=1S/C14H17N3O3/c1-9-10(8-15-17(9)2)13(14(18)19)16-11-6-4-5-7-12(11)20-3/h4-8,13,16H,1-3H3,(H,18,19). The van der Waals surface area contributed by atoms with E-state index in [1.165, 1.54) is 0 Å². The molecule has 0 amide bonds. The molecule has 1 aromatic carbocycles. The molecule has 0 radical (unpaired) electrons. The lowest BCUT2D eigenvalue weighted by atomic mass is 10.1. The Bertz CT molecular complexity index is 622. The van der Waals surface area contributed by atoms with E-state index < -0.39 is 12.0 Å². The van der Waals surface area contributed by atoms with Gasteiger partial charge in [0.25, 0.3) is 0 Å². The summed E-state index contributed by atoms with van der Waals surface area (Å²) in [4.78, 5) is 11.5. The van der Waals surface area contributed by atoms with E-state index in [0.717, 1.165) is 5.69 Å². The van der Waals surface area contributed by atoms with Gasteiger partial charge in [-0.2, -0.15) is 5.10 Å². The smallest absolute Gasteiger partial charge is 0.330 e. The fraction of sp³-hybridized carbons (Fsp3) is 0.286. The van der Waals surface area contributed by atoms with Crippen LogP contribution in [0.2, 0.25) is 0 Å². The Kier molecular flexibility index (Phi) is 3.93. The number of carboxylic acids is 1. The van der Waals surface area contributed by atoms with E-state index in [1.807, 2.05) is 19.1 Å². The third kappa shape index (κ3) is 2.59. The molecule has 6 heteroatoms. The predicted molar refractivity (Wildman–Crippen MR) is 74.9 cm³/mol. The molecule has 1 atom stereocenters. The Labute approximate surface area is 117 Å². The molecule has 0 fully saturated rings. The normalized spacial score (nSPS) is 11.9. The first-order chi connectivity index (χ1) is 9.54. The molecule has 0 aliphatic heterocycles. The van der Waals surface area contributed by atoms with Gasteiger partial charge in [0, 0.05) is 18.3 Å². The molecule has 0 aliphatic rings. The first kappa shape index (κ1) is 13.9. The zero-order valence-corrected chi connectivity index (χ0v) is 11.6. The minimum atomic E-state index is -0.966. The molecule has 0 saturated carbocycles. The zero-order chi connectivity index (χ0) is 14.7. The molecule has 2 N–H and O–H groups in total. The highest BCUT2D eigenvalue weighted by molar-refractivity contribution is 5.80. The molecule has 2 aromatic rings. The van der Waals surface area contributed by atoms with Crippen LogP contribution >= 0.6 is 0 Å². The van der Waals surface area contributed by atoms with Crippen LogP contribution in [-0.2, 0) is 11.8 Å². The number of aryl methyl sites for hydroxylation is 1. The number of carboxylic acid groups (broad SMARTS) is 1. The van der Waals surface area contributed by atoms with Crippen LogP contribution in [0.3, 0.4) is 0 Å². The number of ether oxygens (including phenoxy) is 1. The van der Waals surface area contributed by atoms with Gasteiger partial charge in [0.05, 0.1) is 19.0 Å². The van der Waals surface area contributed by atoms with Crippen molar-refractivity contribution in [1.29, 1.82) is 0 Å². The minimum absolute atomic E-state index is 0.597. The molecular weight excluding hydrogens is 258 g/mol. The van der Waals surface area contributed by atoms with Gasteiger partial charge >= 0.3 is 5.97 Å². The highest BCUT2D eigenvalue weighted by atomic mass is 16.5. The lowest BCUT2D eigenvalue weighted by Gasteiger charge is -2.17. The van der Waals surface area contributed by atoms with Crippen LogP contribution < -0.4 is 10.1 Å². The van der Waals surface area contributed by atoms with Crippen LogP contribution in [0.5, 0.6) is 5.75 Å². The predicted octanol–water partition coefficient (Wildman–Crippen LogP) is 1.97. The first-order valence-electron chi connectivity index (χ1n) is 6.15. The minimum Gasteiger partial charge on any atom is -0.495 e. The number of rotatable bonds is 5. The van der Waals surface area contributed by atoms with Crippen LogP contribution in [-0.4, -0.2) is 28.0 Å². The van der Waals surface area contributed by atoms with Gasteiger partial charge in [-0.25, -0.2) is 4.79 Å². The van der Waals surface area contributed by atoms with Crippen LogP contribution in [0.25, 0.3) is 0 Å². The number of nitrogens with zero attached hydrogens (tertiary/aromatic N) is 2. The van der Waals surface area contributed by atoms with Crippen molar-refractivity contribution in [2.24, 2.45) is 7.05 Å². The van der Waals surface area contributed by atoms with E-state index in [2.05, 4.69) is 10.4 Å². The van der Waals surface area contributed by atoms with Gasteiger partial charge < -0.3 is 15.2 Å². The molecule has 6 nitrogen and oxygen atoms in total. The molecule has 0 bridgehead atoms. The average Bonchev–Trinajstić information content (AvgIpc) is 2.76. The van der Waals surface area contributed by atoms with Crippen molar-refractivity contribution >= 4 is 11.7 Å². The second-order valence-corrected chi connectivity index (χ2v) is 4.42. The molecule has 106 valence electrons. The van der Waals surface area contributed by atoms with E-state index in [0.29, 0.717) is 17.0 Å². The molecule has 2 rings (SSSR count). The monoisotopic (exact) mass is 275 g/mol. The maximum Gasteiger partial charge on any atom is 0.330 e. The second-order valence-electron chi connectivity index (χ2n) is 4.42. The van der Waals surface area contributed by atoms with Crippen molar-refractivity contribution in [3.05, 3.63) is 41.7 Å². The summed E-state index contributed by atoms with van der Waals surface area (Å²) < 4.78 is 6.87. The number of carbonyl (C=O) groups is 1. The third-order valence-electron chi connectivity index (χ3n) is 3.24. The lowest BCUT2D eigenvalue weighted by Crippen LogP contribution is -2.21. The van der Waals surface area contributed by atoms with Gasteiger partial charge in [-0.1, -0.05) is 12.1 Å². The summed E-state index contributed by atoms with van der Waals surface area (Å²) >= 11 is 0. The van der Waals surface area contributed by atoms with Gasteiger partial charge in [-0.3, -0.25) is 4.68 Å². The fourth-order valence-corrected chi connectivity index (χ4v) is 1.99. The van der Waals surface area contributed by atoms with E-state index in [1.54, 1.807) is 37.2 Å². The Morgan fingerprint density at radius 1 is 1.45 bits per heavy atom. The van der Waals surface area contributed by atoms with Crippen LogP contribution in [0.4, 0.5) is 5.69 Å². The van der Waals surface area contributed by atoms with Crippen molar-refractivity contribution in [2.75, 3.05) is 12.4 Å².